The summed E-state index contributed by atoms with van der Waals surface area (Å²) in [6.45, 7) is 4.05. The van der Waals surface area contributed by atoms with Gasteiger partial charge in [-0.3, -0.25) is 4.79 Å². The third kappa shape index (κ3) is 3.53. The van der Waals surface area contributed by atoms with Crippen molar-refractivity contribution in [1.82, 2.24) is 10.6 Å². The summed E-state index contributed by atoms with van der Waals surface area (Å²) in [4.78, 5) is 23.9. The zero-order valence-electron chi connectivity index (χ0n) is 15.2. The van der Waals surface area contributed by atoms with Gasteiger partial charge < -0.3 is 25.4 Å². The minimum atomic E-state index is -0.262. The van der Waals surface area contributed by atoms with Crippen LogP contribution in [0.1, 0.15) is 42.6 Å². The second-order valence-corrected chi connectivity index (χ2v) is 6.82. The highest BCUT2D eigenvalue weighted by Crippen LogP contribution is 2.34. The molecule has 0 saturated heterocycles. The predicted molar refractivity (Wildman–Crippen MR) is 99.8 cm³/mol. The topological polar surface area (TPSA) is 88.7 Å². The molecule has 2 aliphatic heterocycles. The van der Waals surface area contributed by atoms with Gasteiger partial charge in [-0.25, -0.2) is 4.79 Å². The van der Waals surface area contributed by atoms with E-state index in [1.807, 2.05) is 50.2 Å². The first-order valence-electron chi connectivity index (χ1n) is 8.89. The van der Waals surface area contributed by atoms with Crippen LogP contribution in [-0.4, -0.2) is 18.7 Å². The van der Waals surface area contributed by atoms with Crippen LogP contribution in [0.3, 0.4) is 0 Å². The Morgan fingerprint density at radius 2 is 1.67 bits per heavy atom. The maximum Gasteiger partial charge on any atom is 0.315 e. The highest BCUT2D eigenvalue weighted by molar-refractivity contribution is 5.99. The minimum absolute atomic E-state index is 0.00180. The van der Waals surface area contributed by atoms with Crippen LogP contribution in [0.5, 0.6) is 11.5 Å². The number of amides is 3. The Morgan fingerprint density at radius 1 is 1.00 bits per heavy atom. The number of rotatable bonds is 4. The quantitative estimate of drug-likeness (QED) is 0.775. The third-order valence-electron chi connectivity index (χ3n) is 4.85. The number of urea groups is 1. The number of ether oxygens (including phenoxy) is 2. The first-order chi connectivity index (χ1) is 13.0. The van der Waals surface area contributed by atoms with E-state index in [1.54, 1.807) is 0 Å². The lowest BCUT2D eigenvalue weighted by Crippen LogP contribution is -2.38. The molecule has 0 bridgehead atoms. The van der Waals surface area contributed by atoms with Crippen LogP contribution >= 0.6 is 0 Å². The van der Waals surface area contributed by atoms with Crippen LogP contribution in [0.25, 0.3) is 0 Å². The first-order valence-corrected chi connectivity index (χ1v) is 8.89. The van der Waals surface area contributed by atoms with Gasteiger partial charge in [-0.1, -0.05) is 18.2 Å². The van der Waals surface area contributed by atoms with E-state index in [9.17, 15) is 9.59 Å². The number of nitrogens with one attached hydrogen (secondary N) is 3. The van der Waals surface area contributed by atoms with Gasteiger partial charge in [0.15, 0.2) is 11.5 Å². The van der Waals surface area contributed by atoms with Crippen molar-refractivity contribution in [3.63, 3.8) is 0 Å². The van der Waals surface area contributed by atoms with Crippen LogP contribution in [0.15, 0.2) is 36.4 Å². The van der Waals surface area contributed by atoms with Crippen LogP contribution in [0.4, 0.5) is 10.5 Å². The highest BCUT2D eigenvalue weighted by Gasteiger charge is 2.20. The molecule has 2 heterocycles. The van der Waals surface area contributed by atoms with E-state index in [0.717, 1.165) is 22.4 Å². The molecule has 0 fully saturated rings. The van der Waals surface area contributed by atoms with Gasteiger partial charge in [-0.15, -0.1) is 0 Å². The van der Waals surface area contributed by atoms with Gasteiger partial charge in [0.05, 0.1) is 18.5 Å². The van der Waals surface area contributed by atoms with E-state index in [1.165, 1.54) is 0 Å². The van der Waals surface area contributed by atoms with E-state index in [2.05, 4.69) is 16.0 Å². The molecule has 0 spiro atoms. The second-order valence-electron chi connectivity index (χ2n) is 6.82. The van der Waals surface area contributed by atoms with Gasteiger partial charge in [0.2, 0.25) is 12.7 Å². The predicted octanol–water partition coefficient (Wildman–Crippen LogP) is 3.03. The summed E-state index contributed by atoms with van der Waals surface area (Å²) in [6.07, 6.45) is 0.378. The molecule has 0 aliphatic carbocycles. The largest absolute Gasteiger partial charge is 0.454 e. The van der Waals surface area contributed by atoms with Crippen LogP contribution in [0.2, 0.25) is 0 Å². The number of carbonyl (C=O) groups is 2. The van der Waals surface area contributed by atoms with E-state index < -0.39 is 0 Å². The molecular formula is C20H21N3O4. The average Bonchev–Trinajstić information content (AvgIpc) is 3.24. The van der Waals surface area contributed by atoms with E-state index in [0.29, 0.717) is 17.9 Å². The molecule has 0 aromatic heterocycles. The zero-order valence-corrected chi connectivity index (χ0v) is 15.2. The van der Waals surface area contributed by atoms with Crippen LogP contribution in [0, 0.1) is 0 Å². The molecule has 7 heteroatoms. The molecule has 3 amide bonds. The smallest absolute Gasteiger partial charge is 0.315 e. The summed E-state index contributed by atoms with van der Waals surface area (Å²) in [6, 6.07) is 10.7. The Morgan fingerprint density at radius 3 is 2.44 bits per heavy atom. The Labute approximate surface area is 157 Å². The molecule has 140 valence electrons. The third-order valence-corrected chi connectivity index (χ3v) is 4.85. The molecule has 2 aromatic rings. The van der Waals surface area contributed by atoms with E-state index in [4.69, 9.17) is 9.47 Å². The summed E-state index contributed by atoms with van der Waals surface area (Å²) in [5, 5.41) is 8.68. The number of benzene rings is 2. The number of fused-ring (bicyclic) bond motifs is 2. The Balaban J connectivity index is 1.37. The number of anilines is 1. The van der Waals surface area contributed by atoms with E-state index in [-0.39, 0.29) is 30.8 Å². The molecule has 0 unspecified atom stereocenters. The average molecular weight is 367 g/mol. The Hall–Kier alpha value is -3.22. The SMILES string of the molecule is C[C@@H](NC(=O)N[C@H](C)c1ccc2c(c1)OCO2)c1ccc2c(c1)CC(=O)N2. The lowest BCUT2D eigenvalue weighted by atomic mass is 10.0. The van der Waals surface area contributed by atoms with Crippen molar-refractivity contribution in [2.24, 2.45) is 0 Å². The molecule has 2 aromatic carbocycles. The molecular weight excluding hydrogens is 346 g/mol. The summed E-state index contributed by atoms with van der Waals surface area (Å²) in [5.74, 6) is 1.41. The number of hydrogen-bond acceptors (Lipinski definition) is 4. The normalized spacial score (nSPS) is 16.3. The standard InChI is InChI=1S/C20H21N3O4/c1-11(13-3-5-16-15(7-13)9-19(24)23-16)21-20(25)22-12(2)14-4-6-17-18(8-14)27-10-26-17/h3-8,11-12H,9-10H2,1-2H3,(H,23,24)(H2,21,22,25)/t11-,12-/m1/s1. The van der Waals surface area contributed by atoms with Crippen LogP contribution in [-0.2, 0) is 11.2 Å². The minimum Gasteiger partial charge on any atom is -0.454 e. The highest BCUT2D eigenvalue weighted by atomic mass is 16.7. The monoisotopic (exact) mass is 367 g/mol. The van der Waals surface area contributed by atoms with Crippen molar-refractivity contribution >= 4 is 17.6 Å². The molecule has 27 heavy (non-hydrogen) atoms. The van der Waals surface area contributed by atoms with Crippen molar-refractivity contribution in [2.75, 3.05) is 12.1 Å². The van der Waals surface area contributed by atoms with Gasteiger partial charge in [0.1, 0.15) is 0 Å². The summed E-state index contributed by atoms with van der Waals surface area (Å²) in [7, 11) is 0. The van der Waals surface area contributed by atoms with Gasteiger partial charge in [-0.2, -0.15) is 0 Å². The zero-order chi connectivity index (χ0) is 19.0. The molecule has 3 N–H and O–H groups in total. The summed E-state index contributed by atoms with van der Waals surface area (Å²) in [5.41, 5.74) is 3.69. The molecule has 2 atom stereocenters. The summed E-state index contributed by atoms with van der Waals surface area (Å²) < 4.78 is 10.7. The fourth-order valence-electron chi connectivity index (χ4n) is 3.30. The van der Waals surface area contributed by atoms with Gasteiger partial charge in [-0.05, 0) is 48.7 Å². The van der Waals surface area contributed by atoms with Gasteiger partial charge in [0, 0.05) is 5.69 Å². The lowest BCUT2D eigenvalue weighted by Gasteiger charge is -2.19. The maximum absolute atomic E-state index is 12.4. The molecule has 0 radical (unpaired) electrons. The van der Waals surface area contributed by atoms with Gasteiger partial charge in [0.25, 0.3) is 0 Å². The molecule has 0 saturated carbocycles. The number of carbonyl (C=O) groups excluding carboxylic acids is 2. The van der Waals surface area contributed by atoms with Crippen molar-refractivity contribution in [1.29, 1.82) is 0 Å². The van der Waals surface area contributed by atoms with Crippen molar-refractivity contribution in [2.45, 2.75) is 32.4 Å². The first kappa shape index (κ1) is 17.2. The van der Waals surface area contributed by atoms with Gasteiger partial charge >= 0.3 is 6.03 Å². The lowest BCUT2D eigenvalue weighted by molar-refractivity contribution is -0.115. The number of hydrogen-bond donors (Lipinski definition) is 3. The molecule has 4 rings (SSSR count). The fraction of sp³-hybridized carbons (Fsp3) is 0.300. The second kappa shape index (κ2) is 6.83. The van der Waals surface area contributed by atoms with Crippen LogP contribution < -0.4 is 25.4 Å². The maximum atomic E-state index is 12.4. The van der Waals surface area contributed by atoms with E-state index >= 15 is 0 Å². The molecule has 7 nitrogen and oxygen atoms in total. The molecule has 2 aliphatic rings. The Bertz CT molecular complexity index is 912. The van der Waals surface area contributed by atoms with Crippen molar-refractivity contribution in [3.8, 4) is 11.5 Å². The fourth-order valence-corrected chi connectivity index (χ4v) is 3.30. The van der Waals surface area contributed by atoms with Crippen molar-refractivity contribution in [3.05, 3.63) is 53.1 Å². The summed E-state index contributed by atoms with van der Waals surface area (Å²) >= 11 is 0. The Kier molecular flexibility index (Phi) is 4.35. The van der Waals surface area contributed by atoms with Crippen molar-refractivity contribution < 1.29 is 19.1 Å².